The number of Topliss-reactive ketones (excluding diaryl/α,β-unsaturated/α-hetero) is 1. The molecule has 0 heterocycles. The Hall–Kier alpha value is -1.61. The number of ketones is 1. The van der Waals surface area contributed by atoms with Crippen molar-refractivity contribution in [2.75, 3.05) is 0 Å². The minimum Gasteiger partial charge on any atom is -0.508 e. The molecule has 92 valence electrons. The molecule has 0 radical (unpaired) electrons. The van der Waals surface area contributed by atoms with Crippen LogP contribution in [0.1, 0.15) is 11.1 Å². The lowest BCUT2D eigenvalue weighted by atomic mass is 10.0. The van der Waals surface area contributed by atoms with E-state index in [2.05, 4.69) is 15.9 Å². The lowest BCUT2D eigenvalue weighted by molar-refractivity contribution is -0.117. The summed E-state index contributed by atoms with van der Waals surface area (Å²) in [5, 5.41) is 9.17. The van der Waals surface area contributed by atoms with Crippen molar-refractivity contribution in [2.24, 2.45) is 0 Å². The highest BCUT2D eigenvalue weighted by molar-refractivity contribution is 9.10. The Bertz CT molecular complexity index is 547. The Morgan fingerprint density at radius 1 is 1.00 bits per heavy atom. The van der Waals surface area contributed by atoms with Gasteiger partial charge in [-0.1, -0.05) is 46.3 Å². The first-order chi connectivity index (χ1) is 8.65. The van der Waals surface area contributed by atoms with E-state index in [0.717, 1.165) is 15.6 Å². The van der Waals surface area contributed by atoms with E-state index in [1.165, 1.54) is 0 Å². The maximum atomic E-state index is 11.9. The molecule has 0 aromatic heterocycles. The van der Waals surface area contributed by atoms with Crippen LogP contribution in [0.4, 0.5) is 0 Å². The Kier molecular flexibility index (Phi) is 4.15. The number of phenols is 1. The topological polar surface area (TPSA) is 37.3 Å². The fourth-order valence-corrected chi connectivity index (χ4v) is 2.18. The van der Waals surface area contributed by atoms with Gasteiger partial charge in [-0.25, -0.2) is 0 Å². The highest BCUT2D eigenvalue weighted by Gasteiger charge is 2.07. The minimum absolute atomic E-state index is 0.160. The van der Waals surface area contributed by atoms with Crippen LogP contribution in [0.5, 0.6) is 5.75 Å². The van der Waals surface area contributed by atoms with Crippen molar-refractivity contribution in [3.63, 3.8) is 0 Å². The van der Waals surface area contributed by atoms with Crippen molar-refractivity contribution >= 4 is 21.7 Å². The number of hydrogen-bond donors (Lipinski definition) is 1. The summed E-state index contributed by atoms with van der Waals surface area (Å²) in [5.74, 6) is 0.379. The molecule has 0 saturated carbocycles. The van der Waals surface area contributed by atoms with Gasteiger partial charge in [0.05, 0.1) is 0 Å². The van der Waals surface area contributed by atoms with Crippen molar-refractivity contribution in [1.29, 1.82) is 0 Å². The van der Waals surface area contributed by atoms with Gasteiger partial charge in [-0.3, -0.25) is 4.79 Å². The number of hydrogen-bond acceptors (Lipinski definition) is 2. The fraction of sp³-hybridized carbons (Fsp3) is 0.133. The van der Waals surface area contributed by atoms with Crippen molar-refractivity contribution < 1.29 is 9.90 Å². The third-order valence-corrected chi connectivity index (χ3v) is 3.46. The third-order valence-electron chi connectivity index (χ3n) is 2.68. The van der Waals surface area contributed by atoms with Crippen molar-refractivity contribution in [3.05, 3.63) is 64.1 Å². The molecule has 2 aromatic carbocycles. The van der Waals surface area contributed by atoms with Gasteiger partial charge in [-0.15, -0.1) is 0 Å². The molecule has 0 unspecified atom stereocenters. The van der Waals surface area contributed by atoms with Gasteiger partial charge in [0.1, 0.15) is 11.5 Å². The van der Waals surface area contributed by atoms with Gasteiger partial charge in [0.15, 0.2) is 0 Å². The van der Waals surface area contributed by atoms with Gasteiger partial charge in [-0.2, -0.15) is 0 Å². The predicted molar refractivity (Wildman–Crippen MR) is 74.7 cm³/mol. The highest BCUT2D eigenvalue weighted by atomic mass is 79.9. The van der Waals surface area contributed by atoms with E-state index >= 15 is 0 Å². The molecule has 0 aliphatic rings. The third kappa shape index (κ3) is 3.44. The van der Waals surface area contributed by atoms with Gasteiger partial charge < -0.3 is 5.11 Å². The summed E-state index contributed by atoms with van der Waals surface area (Å²) in [6, 6.07) is 14.5. The van der Waals surface area contributed by atoms with Crippen LogP contribution in [0.3, 0.4) is 0 Å². The van der Waals surface area contributed by atoms with Gasteiger partial charge >= 0.3 is 0 Å². The summed E-state index contributed by atoms with van der Waals surface area (Å²) < 4.78 is 0.962. The van der Waals surface area contributed by atoms with E-state index in [4.69, 9.17) is 0 Å². The lowest BCUT2D eigenvalue weighted by Crippen LogP contribution is -2.06. The van der Waals surface area contributed by atoms with Crippen LogP contribution in [0.25, 0.3) is 0 Å². The SMILES string of the molecule is O=C(Cc1ccc(O)cc1)Cc1ccccc1Br. The van der Waals surface area contributed by atoms with Gasteiger partial charge in [0.2, 0.25) is 0 Å². The Morgan fingerprint density at radius 2 is 1.67 bits per heavy atom. The number of carbonyl (C=O) groups excluding carboxylic acids is 1. The molecule has 0 fully saturated rings. The van der Waals surface area contributed by atoms with Crippen molar-refractivity contribution in [1.82, 2.24) is 0 Å². The van der Waals surface area contributed by atoms with Gasteiger partial charge in [0.25, 0.3) is 0 Å². The lowest BCUT2D eigenvalue weighted by Gasteiger charge is -2.04. The van der Waals surface area contributed by atoms with Crippen molar-refractivity contribution in [2.45, 2.75) is 12.8 Å². The Balaban J connectivity index is 2.01. The molecule has 0 aliphatic heterocycles. The molecule has 2 rings (SSSR count). The van der Waals surface area contributed by atoms with Crippen LogP contribution < -0.4 is 0 Å². The molecule has 18 heavy (non-hydrogen) atoms. The quantitative estimate of drug-likeness (QED) is 0.938. The average molecular weight is 305 g/mol. The monoisotopic (exact) mass is 304 g/mol. The smallest absolute Gasteiger partial charge is 0.141 e. The van der Waals surface area contributed by atoms with E-state index in [-0.39, 0.29) is 11.5 Å². The largest absolute Gasteiger partial charge is 0.508 e. The summed E-state index contributed by atoms with van der Waals surface area (Å²) in [7, 11) is 0. The molecular formula is C15H13BrO2. The fourth-order valence-electron chi connectivity index (χ4n) is 1.76. The predicted octanol–water partition coefficient (Wildman–Crippen LogP) is 3.51. The van der Waals surface area contributed by atoms with Gasteiger partial charge in [-0.05, 0) is 29.3 Å². The van der Waals surface area contributed by atoms with E-state index in [9.17, 15) is 9.90 Å². The van der Waals surface area contributed by atoms with E-state index < -0.39 is 0 Å². The second-order valence-electron chi connectivity index (χ2n) is 4.15. The molecular weight excluding hydrogens is 292 g/mol. The zero-order chi connectivity index (χ0) is 13.0. The average Bonchev–Trinajstić information content (AvgIpc) is 2.35. The highest BCUT2D eigenvalue weighted by Crippen LogP contribution is 2.17. The molecule has 0 bridgehead atoms. The van der Waals surface area contributed by atoms with Crippen LogP contribution in [0, 0.1) is 0 Å². The van der Waals surface area contributed by atoms with Crippen LogP contribution in [0.15, 0.2) is 53.0 Å². The van der Waals surface area contributed by atoms with Crippen LogP contribution in [-0.2, 0) is 17.6 Å². The normalized spacial score (nSPS) is 10.3. The molecule has 0 aliphatic carbocycles. The molecule has 0 atom stereocenters. The molecule has 0 amide bonds. The number of halogens is 1. The Labute approximate surface area is 114 Å². The summed E-state index contributed by atoms with van der Waals surface area (Å²) in [6.07, 6.45) is 0.809. The van der Waals surface area contributed by atoms with Crippen LogP contribution in [-0.4, -0.2) is 10.9 Å². The second-order valence-corrected chi connectivity index (χ2v) is 5.00. The Morgan fingerprint density at radius 3 is 2.33 bits per heavy atom. The molecule has 2 aromatic rings. The van der Waals surface area contributed by atoms with Crippen LogP contribution >= 0.6 is 15.9 Å². The number of phenolic OH excluding ortho intramolecular Hbond substituents is 1. The number of rotatable bonds is 4. The standard InChI is InChI=1S/C15H13BrO2/c16-15-4-2-1-3-12(15)10-14(18)9-11-5-7-13(17)8-6-11/h1-8,17H,9-10H2. The first-order valence-electron chi connectivity index (χ1n) is 5.68. The van der Waals surface area contributed by atoms with E-state index in [1.54, 1.807) is 24.3 Å². The molecule has 0 saturated heterocycles. The summed E-state index contributed by atoms with van der Waals surface area (Å²) in [6.45, 7) is 0. The molecule has 3 heteroatoms. The maximum Gasteiger partial charge on any atom is 0.141 e. The van der Waals surface area contributed by atoms with Crippen LogP contribution in [0.2, 0.25) is 0 Å². The molecule has 0 spiro atoms. The molecule has 2 nitrogen and oxygen atoms in total. The molecule has 1 N–H and O–H groups in total. The number of aromatic hydroxyl groups is 1. The number of benzene rings is 2. The number of carbonyl (C=O) groups is 1. The first-order valence-corrected chi connectivity index (χ1v) is 6.47. The minimum atomic E-state index is 0.160. The zero-order valence-corrected chi connectivity index (χ0v) is 11.4. The van der Waals surface area contributed by atoms with E-state index in [1.807, 2.05) is 24.3 Å². The second kappa shape index (κ2) is 5.83. The summed E-state index contributed by atoms with van der Waals surface area (Å²) in [4.78, 5) is 11.9. The van der Waals surface area contributed by atoms with Crippen molar-refractivity contribution in [3.8, 4) is 5.75 Å². The van der Waals surface area contributed by atoms with Gasteiger partial charge in [0, 0.05) is 17.3 Å². The summed E-state index contributed by atoms with van der Waals surface area (Å²) >= 11 is 3.43. The maximum absolute atomic E-state index is 11.9. The van der Waals surface area contributed by atoms with E-state index in [0.29, 0.717) is 12.8 Å². The summed E-state index contributed by atoms with van der Waals surface area (Å²) in [5.41, 5.74) is 1.92. The zero-order valence-electron chi connectivity index (χ0n) is 9.77. The first kappa shape index (κ1) is 12.8.